The number of carbonyl (C=O) groups excluding carboxylic acids is 2. The average molecular weight is 330 g/mol. The Morgan fingerprint density at radius 2 is 2.09 bits per heavy atom. The molecule has 0 saturated carbocycles. The molecule has 0 unspecified atom stereocenters. The van der Waals surface area contributed by atoms with Crippen LogP contribution in [0.1, 0.15) is 5.56 Å². The lowest BCUT2D eigenvalue weighted by Gasteiger charge is -2.12. The van der Waals surface area contributed by atoms with Gasteiger partial charge in [-0.15, -0.1) is 10.2 Å². The molecule has 0 amide bonds. The molecular weight excluding hydrogens is 316 g/mol. The van der Waals surface area contributed by atoms with Gasteiger partial charge in [-0.05, 0) is 12.5 Å². The van der Waals surface area contributed by atoms with Crippen molar-refractivity contribution in [3.63, 3.8) is 0 Å². The summed E-state index contributed by atoms with van der Waals surface area (Å²) in [4.78, 5) is 22.4. The first kappa shape index (κ1) is 15.3. The van der Waals surface area contributed by atoms with Gasteiger partial charge in [0.05, 0.1) is 5.75 Å². The zero-order valence-electron chi connectivity index (χ0n) is 12.4. The molecule has 0 spiro atoms. The van der Waals surface area contributed by atoms with Crippen molar-refractivity contribution in [3.8, 4) is 11.4 Å². The first-order chi connectivity index (χ1) is 11.1. The van der Waals surface area contributed by atoms with E-state index in [0.29, 0.717) is 22.5 Å². The Labute approximate surface area is 136 Å². The fourth-order valence-corrected chi connectivity index (χ4v) is 2.86. The minimum absolute atomic E-state index is 0.213. The highest BCUT2D eigenvalue weighted by Crippen LogP contribution is 2.25. The molecule has 23 heavy (non-hydrogen) atoms. The molecular formula is C15H14N4O3S. The lowest BCUT2D eigenvalue weighted by atomic mass is 10.1. The molecule has 3 rings (SSSR count). The zero-order valence-corrected chi connectivity index (χ0v) is 13.2. The number of ketones is 2. The number of allylic oxidation sites excluding steroid dienone is 1. The molecule has 1 aliphatic heterocycles. The Hall–Kier alpha value is -2.61. The molecule has 0 radical (unpaired) electrons. The van der Waals surface area contributed by atoms with Crippen LogP contribution in [0.2, 0.25) is 0 Å². The number of nitrogens with two attached hydrogens (primary N) is 1. The van der Waals surface area contributed by atoms with E-state index in [1.807, 2.05) is 31.2 Å². The normalized spacial score (nSPS) is 14.6. The Balaban J connectivity index is 1.76. The van der Waals surface area contributed by atoms with Crippen molar-refractivity contribution < 1.29 is 14.3 Å². The minimum atomic E-state index is -0.540. The fraction of sp³-hybridized carbons (Fsp3) is 0.200. The van der Waals surface area contributed by atoms with Gasteiger partial charge in [0.25, 0.3) is 0 Å². The third-order valence-electron chi connectivity index (χ3n) is 3.35. The van der Waals surface area contributed by atoms with E-state index in [9.17, 15) is 9.59 Å². The van der Waals surface area contributed by atoms with Crippen molar-refractivity contribution in [1.82, 2.24) is 14.9 Å². The first-order valence-corrected chi connectivity index (χ1v) is 7.84. The number of nitrogen functional groups attached to an aromatic ring is 1. The van der Waals surface area contributed by atoms with Gasteiger partial charge in [-0.2, -0.15) is 0 Å². The fourth-order valence-electron chi connectivity index (χ4n) is 2.10. The molecule has 1 aromatic carbocycles. The summed E-state index contributed by atoms with van der Waals surface area (Å²) in [6, 6.07) is 7.75. The van der Waals surface area contributed by atoms with Crippen LogP contribution < -0.4 is 5.84 Å². The van der Waals surface area contributed by atoms with Gasteiger partial charge in [0, 0.05) is 11.6 Å². The van der Waals surface area contributed by atoms with Crippen LogP contribution in [0.25, 0.3) is 11.4 Å². The number of hydrogen-bond acceptors (Lipinski definition) is 7. The predicted molar refractivity (Wildman–Crippen MR) is 85.1 cm³/mol. The molecule has 1 aliphatic rings. The SMILES string of the molecule is Cc1ccccc1-c1nnc(SCC2=CC(=O)C(=O)CO2)n1N. The van der Waals surface area contributed by atoms with E-state index < -0.39 is 11.6 Å². The second kappa shape index (κ2) is 6.25. The minimum Gasteiger partial charge on any atom is -0.489 e. The number of rotatable bonds is 4. The van der Waals surface area contributed by atoms with Crippen molar-refractivity contribution in [2.75, 3.05) is 18.2 Å². The summed E-state index contributed by atoms with van der Waals surface area (Å²) in [7, 11) is 0. The quantitative estimate of drug-likeness (QED) is 0.509. The van der Waals surface area contributed by atoms with Gasteiger partial charge in [-0.3, -0.25) is 9.59 Å². The molecule has 2 N–H and O–H groups in total. The lowest BCUT2D eigenvalue weighted by molar-refractivity contribution is -0.137. The summed E-state index contributed by atoms with van der Waals surface area (Å²) in [6.45, 7) is 1.76. The van der Waals surface area contributed by atoms with E-state index in [2.05, 4.69) is 10.2 Å². The Morgan fingerprint density at radius 1 is 1.30 bits per heavy atom. The van der Waals surface area contributed by atoms with Crippen LogP contribution in [-0.2, 0) is 14.3 Å². The van der Waals surface area contributed by atoms with Crippen LogP contribution >= 0.6 is 11.8 Å². The second-order valence-corrected chi connectivity index (χ2v) is 5.91. The molecule has 8 heteroatoms. The summed E-state index contributed by atoms with van der Waals surface area (Å²) in [5.41, 5.74) is 1.95. The highest BCUT2D eigenvalue weighted by Gasteiger charge is 2.21. The van der Waals surface area contributed by atoms with E-state index in [1.54, 1.807) is 0 Å². The zero-order chi connectivity index (χ0) is 16.4. The summed E-state index contributed by atoms with van der Waals surface area (Å²) in [6.07, 6.45) is 1.21. The van der Waals surface area contributed by atoms with Crippen LogP contribution in [0.15, 0.2) is 41.3 Å². The molecule has 1 aromatic heterocycles. The number of hydrogen-bond donors (Lipinski definition) is 1. The van der Waals surface area contributed by atoms with E-state index in [1.165, 1.54) is 22.5 Å². The summed E-state index contributed by atoms with van der Waals surface area (Å²) in [5.74, 6) is 6.32. The van der Waals surface area contributed by atoms with Gasteiger partial charge in [0.1, 0.15) is 5.76 Å². The molecule has 118 valence electrons. The van der Waals surface area contributed by atoms with Crippen LogP contribution in [-0.4, -0.2) is 38.8 Å². The maximum Gasteiger partial charge on any atom is 0.240 e. The van der Waals surface area contributed by atoms with Gasteiger partial charge in [0.2, 0.25) is 16.7 Å². The van der Waals surface area contributed by atoms with Crippen molar-refractivity contribution >= 4 is 23.3 Å². The summed E-state index contributed by atoms with van der Waals surface area (Å²) in [5, 5.41) is 8.69. The molecule has 2 aromatic rings. The van der Waals surface area contributed by atoms with Crippen molar-refractivity contribution in [1.29, 1.82) is 0 Å². The largest absolute Gasteiger partial charge is 0.489 e. The number of benzene rings is 1. The number of aromatic nitrogens is 3. The van der Waals surface area contributed by atoms with Gasteiger partial charge < -0.3 is 10.6 Å². The lowest BCUT2D eigenvalue weighted by Crippen LogP contribution is -2.24. The molecule has 0 aliphatic carbocycles. The highest BCUT2D eigenvalue weighted by atomic mass is 32.2. The molecule has 0 atom stereocenters. The predicted octanol–water partition coefficient (Wildman–Crippen LogP) is 1.11. The van der Waals surface area contributed by atoms with Crippen LogP contribution in [0.3, 0.4) is 0 Å². The van der Waals surface area contributed by atoms with Crippen LogP contribution in [0.5, 0.6) is 0 Å². The standard InChI is InChI=1S/C15H14N4O3S/c1-9-4-2-3-5-11(9)14-17-18-15(19(14)16)23-8-10-6-12(20)13(21)7-22-10/h2-6H,7-8,16H2,1H3. The smallest absolute Gasteiger partial charge is 0.240 e. The number of thioether (sulfide) groups is 1. The second-order valence-electron chi connectivity index (χ2n) is 4.97. The Morgan fingerprint density at radius 3 is 2.83 bits per heavy atom. The molecule has 2 heterocycles. The third kappa shape index (κ3) is 3.11. The van der Waals surface area contributed by atoms with Crippen molar-refractivity contribution in [2.24, 2.45) is 0 Å². The number of aryl methyl sites for hydroxylation is 1. The van der Waals surface area contributed by atoms with E-state index >= 15 is 0 Å². The van der Waals surface area contributed by atoms with Crippen LogP contribution in [0, 0.1) is 6.92 Å². The Kier molecular flexibility index (Phi) is 4.16. The van der Waals surface area contributed by atoms with Crippen molar-refractivity contribution in [2.45, 2.75) is 12.1 Å². The molecule has 7 nitrogen and oxygen atoms in total. The highest BCUT2D eigenvalue weighted by molar-refractivity contribution is 7.99. The van der Waals surface area contributed by atoms with Gasteiger partial charge in [-0.25, -0.2) is 4.68 Å². The Bertz CT molecular complexity index is 813. The maximum atomic E-state index is 11.3. The number of nitrogens with zero attached hydrogens (tertiary/aromatic N) is 3. The number of carbonyl (C=O) groups is 2. The van der Waals surface area contributed by atoms with E-state index in [4.69, 9.17) is 10.6 Å². The number of ether oxygens (including phenoxy) is 1. The monoisotopic (exact) mass is 330 g/mol. The van der Waals surface area contributed by atoms with E-state index in [0.717, 1.165) is 11.1 Å². The van der Waals surface area contributed by atoms with Gasteiger partial charge >= 0.3 is 0 Å². The van der Waals surface area contributed by atoms with E-state index in [-0.39, 0.29) is 6.61 Å². The van der Waals surface area contributed by atoms with Crippen LogP contribution in [0.4, 0.5) is 0 Å². The molecule has 0 saturated heterocycles. The molecule has 0 bridgehead atoms. The summed E-state index contributed by atoms with van der Waals surface area (Å²) >= 11 is 1.29. The van der Waals surface area contributed by atoms with Gasteiger partial charge in [-0.1, -0.05) is 36.0 Å². The van der Waals surface area contributed by atoms with Gasteiger partial charge in [0.15, 0.2) is 12.4 Å². The average Bonchev–Trinajstić information content (AvgIpc) is 2.90. The first-order valence-electron chi connectivity index (χ1n) is 6.86. The third-order valence-corrected chi connectivity index (χ3v) is 4.31. The number of Topliss-reactive ketones (excluding diaryl/α,β-unsaturated/α-hetero) is 1. The topological polar surface area (TPSA) is 100 Å². The molecule has 0 fully saturated rings. The summed E-state index contributed by atoms with van der Waals surface area (Å²) < 4.78 is 6.61. The van der Waals surface area contributed by atoms with Crippen molar-refractivity contribution in [3.05, 3.63) is 41.7 Å². The maximum absolute atomic E-state index is 11.3.